The quantitative estimate of drug-likeness (QED) is 0.129. The highest BCUT2D eigenvalue weighted by Gasteiger charge is 2.31. The van der Waals surface area contributed by atoms with E-state index in [2.05, 4.69) is 26.6 Å². The number of nitrogens with one attached hydrogen (secondary N) is 5. The number of rotatable bonds is 18. The summed E-state index contributed by atoms with van der Waals surface area (Å²) in [5.74, 6) is -2.64. The van der Waals surface area contributed by atoms with Gasteiger partial charge in [0.1, 0.15) is 24.7 Å². The SMILES string of the molecule is COC(=O)[C@@H](NC(=O)[C@@H](NC(=O)CNC[C@H](O)[C@H](Cc1ccccc1)NC(=O)[C@H](C)NC(=O)OCc1ccccc1)C(C)C)C(C)C. The summed E-state index contributed by atoms with van der Waals surface area (Å²) in [6.45, 7) is 8.32. The molecule has 5 atom stereocenters. The first-order valence-electron chi connectivity index (χ1n) is 15.7. The number of hydrogen-bond donors (Lipinski definition) is 6. The third-order valence-electron chi connectivity index (χ3n) is 7.36. The number of methoxy groups -OCH3 is 1. The maximum Gasteiger partial charge on any atom is 0.408 e. The number of ether oxygens (including phenoxy) is 2. The van der Waals surface area contributed by atoms with Gasteiger partial charge in [0.05, 0.1) is 25.8 Å². The van der Waals surface area contributed by atoms with Crippen molar-refractivity contribution in [2.45, 2.75) is 77.9 Å². The summed E-state index contributed by atoms with van der Waals surface area (Å²) in [5.41, 5.74) is 1.66. The minimum Gasteiger partial charge on any atom is -0.467 e. The molecule has 0 aliphatic rings. The Morgan fingerprint density at radius 1 is 0.723 bits per heavy atom. The van der Waals surface area contributed by atoms with Gasteiger partial charge < -0.3 is 41.2 Å². The molecule has 2 aromatic carbocycles. The molecular formula is C34H49N5O8. The van der Waals surface area contributed by atoms with Crippen LogP contribution < -0.4 is 26.6 Å². The smallest absolute Gasteiger partial charge is 0.408 e. The lowest BCUT2D eigenvalue weighted by Gasteiger charge is -2.27. The molecule has 0 saturated carbocycles. The summed E-state index contributed by atoms with van der Waals surface area (Å²) in [6, 6.07) is 14.8. The average molecular weight is 656 g/mol. The van der Waals surface area contributed by atoms with Crippen LogP contribution in [0, 0.1) is 11.8 Å². The summed E-state index contributed by atoms with van der Waals surface area (Å²) in [7, 11) is 1.24. The second-order valence-corrected chi connectivity index (χ2v) is 12.0. The first-order chi connectivity index (χ1) is 22.3. The number of aliphatic hydroxyl groups excluding tert-OH is 1. The molecule has 0 aliphatic heterocycles. The van der Waals surface area contributed by atoms with Crippen LogP contribution >= 0.6 is 0 Å². The number of carbonyl (C=O) groups excluding carboxylic acids is 5. The van der Waals surface area contributed by atoms with Crippen LogP contribution in [-0.4, -0.2) is 85.4 Å². The standard InChI is InChI=1S/C34H49N5O8/c1-21(2)29(32(43)39-30(22(3)4)33(44)46-6)38-28(41)19-35-18-27(40)26(17-24-13-9-7-10-14-24)37-31(42)23(5)36-34(45)47-20-25-15-11-8-12-16-25/h7-16,21-23,26-27,29-30,35,40H,17-20H2,1-6H3,(H,36,45)(H,37,42)(H,38,41)(H,39,43)/t23-,26-,27-,29-,30-/m0/s1. The molecule has 0 aliphatic carbocycles. The Hall–Kier alpha value is -4.49. The molecule has 0 saturated heterocycles. The zero-order valence-corrected chi connectivity index (χ0v) is 27.9. The summed E-state index contributed by atoms with van der Waals surface area (Å²) < 4.78 is 9.98. The van der Waals surface area contributed by atoms with Crippen LogP contribution in [0.4, 0.5) is 4.79 Å². The minimum absolute atomic E-state index is 0.0458. The molecule has 0 fully saturated rings. The van der Waals surface area contributed by atoms with Gasteiger partial charge in [-0.1, -0.05) is 88.4 Å². The van der Waals surface area contributed by atoms with Crippen molar-refractivity contribution in [3.8, 4) is 0 Å². The second-order valence-electron chi connectivity index (χ2n) is 12.0. The van der Waals surface area contributed by atoms with E-state index >= 15 is 0 Å². The van der Waals surface area contributed by atoms with Crippen molar-refractivity contribution in [2.75, 3.05) is 20.2 Å². The molecular weight excluding hydrogens is 606 g/mol. The predicted octanol–water partition coefficient (Wildman–Crippen LogP) is 1.43. The number of esters is 1. The Balaban J connectivity index is 1.96. The van der Waals surface area contributed by atoms with Gasteiger partial charge in [-0.15, -0.1) is 0 Å². The zero-order chi connectivity index (χ0) is 34.9. The van der Waals surface area contributed by atoms with Crippen molar-refractivity contribution in [3.63, 3.8) is 0 Å². The Labute approximate surface area is 276 Å². The highest BCUT2D eigenvalue weighted by atomic mass is 16.5. The van der Waals surface area contributed by atoms with E-state index in [0.717, 1.165) is 11.1 Å². The molecule has 0 unspecified atom stereocenters. The van der Waals surface area contributed by atoms with Gasteiger partial charge in [0.25, 0.3) is 0 Å². The molecule has 47 heavy (non-hydrogen) atoms. The second kappa shape index (κ2) is 19.9. The van der Waals surface area contributed by atoms with Crippen LogP contribution in [0.1, 0.15) is 45.7 Å². The van der Waals surface area contributed by atoms with Crippen LogP contribution in [0.2, 0.25) is 0 Å². The zero-order valence-electron chi connectivity index (χ0n) is 27.9. The molecule has 6 N–H and O–H groups in total. The fraction of sp³-hybridized carbons (Fsp3) is 0.500. The van der Waals surface area contributed by atoms with E-state index in [9.17, 15) is 29.1 Å². The third kappa shape index (κ3) is 13.8. The lowest BCUT2D eigenvalue weighted by atomic mass is 10.00. The molecule has 0 radical (unpaired) electrons. The van der Waals surface area contributed by atoms with Gasteiger partial charge >= 0.3 is 12.1 Å². The normalized spacial score (nSPS) is 14.2. The van der Waals surface area contributed by atoms with E-state index in [1.165, 1.54) is 14.0 Å². The van der Waals surface area contributed by atoms with Crippen LogP contribution in [0.25, 0.3) is 0 Å². The highest BCUT2D eigenvalue weighted by Crippen LogP contribution is 2.09. The minimum atomic E-state index is -1.12. The van der Waals surface area contributed by atoms with E-state index < -0.39 is 60.1 Å². The summed E-state index contributed by atoms with van der Waals surface area (Å²) >= 11 is 0. The van der Waals surface area contributed by atoms with Crippen molar-refractivity contribution in [1.29, 1.82) is 0 Å². The Kier molecular flexibility index (Phi) is 16.4. The van der Waals surface area contributed by atoms with E-state index in [-0.39, 0.29) is 38.0 Å². The Morgan fingerprint density at radius 2 is 1.30 bits per heavy atom. The van der Waals surface area contributed by atoms with E-state index in [4.69, 9.17) is 9.47 Å². The van der Waals surface area contributed by atoms with Gasteiger partial charge in [-0.25, -0.2) is 9.59 Å². The maximum atomic E-state index is 13.0. The van der Waals surface area contributed by atoms with Gasteiger partial charge in [-0.3, -0.25) is 14.4 Å². The van der Waals surface area contributed by atoms with E-state index in [1.54, 1.807) is 27.7 Å². The number of benzene rings is 2. The fourth-order valence-corrected chi connectivity index (χ4v) is 4.57. The lowest BCUT2D eigenvalue weighted by molar-refractivity contribution is -0.146. The summed E-state index contributed by atoms with van der Waals surface area (Å²) in [5, 5.41) is 24.6. The van der Waals surface area contributed by atoms with Crippen molar-refractivity contribution in [3.05, 3.63) is 71.8 Å². The summed E-state index contributed by atoms with van der Waals surface area (Å²) in [6.07, 6.45) is -1.61. The van der Waals surface area contributed by atoms with Crippen molar-refractivity contribution in [1.82, 2.24) is 26.6 Å². The van der Waals surface area contributed by atoms with E-state index in [1.807, 2.05) is 60.7 Å². The molecule has 2 aromatic rings. The topological polar surface area (TPSA) is 184 Å². The molecule has 4 amide bonds. The molecule has 0 heterocycles. The first kappa shape index (κ1) is 38.7. The van der Waals surface area contributed by atoms with Crippen molar-refractivity contribution in [2.24, 2.45) is 11.8 Å². The Bertz CT molecular complexity index is 1290. The monoisotopic (exact) mass is 655 g/mol. The molecule has 13 heteroatoms. The van der Waals surface area contributed by atoms with E-state index in [0.29, 0.717) is 0 Å². The maximum absolute atomic E-state index is 13.0. The number of aliphatic hydroxyl groups is 1. The van der Waals surface area contributed by atoms with Gasteiger partial charge in [-0.05, 0) is 36.3 Å². The third-order valence-corrected chi connectivity index (χ3v) is 7.36. The Morgan fingerprint density at radius 3 is 1.85 bits per heavy atom. The number of alkyl carbamates (subject to hydrolysis) is 1. The highest BCUT2D eigenvalue weighted by molar-refractivity contribution is 5.91. The van der Waals surface area contributed by atoms with Crippen molar-refractivity contribution >= 4 is 29.8 Å². The first-order valence-corrected chi connectivity index (χ1v) is 15.7. The van der Waals surface area contributed by atoms with Crippen LogP contribution in [0.15, 0.2) is 60.7 Å². The molecule has 0 spiro atoms. The van der Waals surface area contributed by atoms with Gasteiger partial charge in [0.2, 0.25) is 17.7 Å². The van der Waals surface area contributed by atoms with Gasteiger partial charge in [0, 0.05) is 6.54 Å². The molecule has 0 aromatic heterocycles. The van der Waals surface area contributed by atoms with Crippen molar-refractivity contribution < 1.29 is 38.6 Å². The van der Waals surface area contributed by atoms with Crippen LogP contribution in [-0.2, 0) is 41.7 Å². The van der Waals surface area contributed by atoms with Gasteiger partial charge in [-0.2, -0.15) is 0 Å². The predicted molar refractivity (Wildman–Crippen MR) is 176 cm³/mol. The fourth-order valence-electron chi connectivity index (χ4n) is 4.57. The number of carbonyl (C=O) groups is 5. The largest absolute Gasteiger partial charge is 0.467 e. The number of hydrogen-bond acceptors (Lipinski definition) is 9. The van der Waals surface area contributed by atoms with Crippen LogP contribution in [0.3, 0.4) is 0 Å². The summed E-state index contributed by atoms with van der Waals surface area (Å²) in [4.78, 5) is 63.1. The average Bonchev–Trinajstić information content (AvgIpc) is 3.04. The van der Waals surface area contributed by atoms with Crippen LogP contribution in [0.5, 0.6) is 0 Å². The molecule has 13 nitrogen and oxygen atoms in total. The van der Waals surface area contributed by atoms with Gasteiger partial charge in [0.15, 0.2) is 0 Å². The number of amides is 4. The lowest BCUT2D eigenvalue weighted by Crippen LogP contribution is -2.56. The molecule has 0 bridgehead atoms. The molecule has 2 rings (SSSR count). The molecule has 258 valence electrons.